The second kappa shape index (κ2) is 9.58. The van der Waals surface area contributed by atoms with Crippen LogP contribution in [-0.2, 0) is 21.4 Å². The van der Waals surface area contributed by atoms with E-state index in [2.05, 4.69) is 10.1 Å². The Morgan fingerprint density at radius 1 is 1.16 bits per heavy atom. The zero-order valence-corrected chi connectivity index (χ0v) is 19.6. The maximum atomic E-state index is 12.7. The fraction of sp³-hybridized carbons (Fsp3) is 0.286. The van der Waals surface area contributed by atoms with Crippen molar-refractivity contribution < 1.29 is 22.5 Å². The van der Waals surface area contributed by atoms with Crippen LogP contribution in [0.2, 0.25) is 5.02 Å². The first-order valence-electron chi connectivity index (χ1n) is 9.59. The summed E-state index contributed by atoms with van der Waals surface area (Å²) in [5, 5.41) is 4.43. The van der Waals surface area contributed by atoms with Gasteiger partial charge in [0.05, 0.1) is 23.5 Å². The Labute approximate surface area is 191 Å². The number of amides is 1. The molecule has 0 fully saturated rings. The molecule has 9 nitrogen and oxygen atoms in total. The molecule has 2 aromatic carbocycles. The zero-order valence-electron chi connectivity index (χ0n) is 18.0. The van der Waals surface area contributed by atoms with Crippen LogP contribution in [-0.4, -0.2) is 55.8 Å². The number of halogens is 1. The number of aromatic nitrogens is 2. The highest BCUT2D eigenvalue weighted by atomic mass is 35.5. The molecule has 0 aliphatic heterocycles. The van der Waals surface area contributed by atoms with E-state index in [0.717, 1.165) is 10.6 Å². The van der Waals surface area contributed by atoms with Crippen LogP contribution < -0.4 is 9.04 Å². The molecule has 0 radical (unpaired) electrons. The molecule has 0 bridgehead atoms. The van der Waals surface area contributed by atoms with Crippen LogP contribution in [0.5, 0.6) is 5.75 Å². The molecule has 0 saturated carbocycles. The summed E-state index contributed by atoms with van der Waals surface area (Å²) < 4.78 is 35.4. The van der Waals surface area contributed by atoms with Gasteiger partial charge in [0.15, 0.2) is 6.10 Å². The Morgan fingerprint density at radius 3 is 2.44 bits per heavy atom. The van der Waals surface area contributed by atoms with E-state index in [1.54, 1.807) is 56.4 Å². The zero-order chi connectivity index (χ0) is 23.5. The minimum absolute atomic E-state index is 0.0993. The maximum absolute atomic E-state index is 12.7. The quantitative estimate of drug-likeness (QED) is 0.489. The number of hydrogen-bond acceptors (Lipinski definition) is 7. The summed E-state index contributed by atoms with van der Waals surface area (Å²) in [6, 6.07) is 13.5. The van der Waals surface area contributed by atoms with Gasteiger partial charge in [-0.1, -0.05) is 28.9 Å². The summed E-state index contributed by atoms with van der Waals surface area (Å²) in [7, 11) is -0.298. The summed E-state index contributed by atoms with van der Waals surface area (Å²) in [6.45, 7) is 1.72. The van der Waals surface area contributed by atoms with Crippen molar-refractivity contribution in [1.82, 2.24) is 15.0 Å². The van der Waals surface area contributed by atoms with Crippen LogP contribution in [0.25, 0.3) is 11.4 Å². The molecular formula is C21H23ClN4O5S. The molecule has 1 heterocycles. The molecule has 0 spiro atoms. The lowest BCUT2D eigenvalue weighted by Crippen LogP contribution is -2.37. The SMILES string of the molecule is C[C@H](Oc1ccc(N(C)S(C)(=O)=O)cc1)C(=O)N(C)Cc1nc(-c2ccccc2Cl)no1. The van der Waals surface area contributed by atoms with Crippen molar-refractivity contribution in [2.45, 2.75) is 19.6 Å². The molecule has 0 aliphatic rings. The third-order valence-electron chi connectivity index (χ3n) is 4.69. The van der Waals surface area contributed by atoms with Crippen LogP contribution in [0.4, 0.5) is 5.69 Å². The van der Waals surface area contributed by atoms with Gasteiger partial charge in [0.1, 0.15) is 5.75 Å². The topological polar surface area (TPSA) is 106 Å². The van der Waals surface area contributed by atoms with Crippen molar-refractivity contribution >= 4 is 33.2 Å². The Morgan fingerprint density at radius 2 is 1.81 bits per heavy atom. The molecular weight excluding hydrogens is 456 g/mol. The van der Waals surface area contributed by atoms with Crippen molar-refractivity contribution in [2.24, 2.45) is 0 Å². The first-order valence-corrected chi connectivity index (χ1v) is 11.8. The number of likely N-dealkylation sites (N-methyl/N-ethyl adjacent to an activating group) is 1. The smallest absolute Gasteiger partial charge is 0.263 e. The molecule has 1 aromatic heterocycles. The molecule has 0 aliphatic carbocycles. The van der Waals surface area contributed by atoms with E-state index >= 15 is 0 Å². The van der Waals surface area contributed by atoms with E-state index in [0.29, 0.717) is 27.8 Å². The lowest BCUT2D eigenvalue weighted by molar-refractivity contribution is -0.137. The van der Waals surface area contributed by atoms with Crippen molar-refractivity contribution in [3.8, 4) is 17.1 Å². The normalized spacial score (nSPS) is 12.3. The minimum Gasteiger partial charge on any atom is -0.481 e. The van der Waals surface area contributed by atoms with Gasteiger partial charge in [0.25, 0.3) is 5.91 Å². The molecule has 1 atom stereocenters. The summed E-state index contributed by atoms with van der Waals surface area (Å²) in [4.78, 5) is 18.4. The average molecular weight is 479 g/mol. The maximum Gasteiger partial charge on any atom is 0.263 e. The standard InChI is InChI=1S/C21H23ClN4O5S/c1-14(30-16-11-9-15(10-12-16)26(3)32(4,28)29)21(27)25(2)13-19-23-20(24-31-19)17-7-5-6-8-18(17)22/h5-12,14H,13H2,1-4H3/t14-/m0/s1. The highest BCUT2D eigenvalue weighted by Crippen LogP contribution is 2.25. The monoisotopic (exact) mass is 478 g/mol. The van der Waals surface area contributed by atoms with Crippen LogP contribution in [0, 0.1) is 0 Å². The summed E-state index contributed by atoms with van der Waals surface area (Å²) in [5.74, 6) is 0.745. The van der Waals surface area contributed by atoms with Crippen LogP contribution in [0.15, 0.2) is 53.1 Å². The first kappa shape index (κ1) is 23.6. The molecule has 0 unspecified atom stereocenters. The number of carbonyl (C=O) groups excluding carboxylic acids is 1. The van der Waals surface area contributed by atoms with Gasteiger partial charge in [0, 0.05) is 19.7 Å². The Kier molecular flexibility index (Phi) is 7.05. The molecule has 0 saturated heterocycles. The highest BCUT2D eigenvalue weighted by molar-refractivity contribution is 7.92. The fourth-order valence-electron chi connectivity index (χ4n) is 2.84. The van der Waals surface area contributed by atoms with Gasteiger partial charge < -0.3 is 14.2 Å². The van der Waals surface area contributed by atoms with E-state index in [1.165, 1.54) is 11.9 Å². The lowest BCUT2D eigenvalue weighted by atomic mass is 10.2. The number of rotatable bonds is 8. The third-order valence-corrected chi connectivity index (χ3v) is 6.23. The lowest BCUT2D eigenvalue weighted by Gasteiger charge is -2.21. The van der Waals surface area contributed by atoms with Crippen LogP contribution in [0.3, 0.4) is 0 Å². The van der Waals surface area contributed by atoms with E-state index in [1.807, 2.05) is 6.07 Å². The van der Waals surface area contributed by atoms with E-state index < -0.39 is 16.1 Å². The molecule has 3 rings (SSSR count). The molecule has 1 amide bonds. The highest BCUT2D eigenvalue weighted by Gasteiger charge is 2.22. The van der Waals surface area contributed by atoms with Gasteiger partial charge in [-0.3, -0.25) is 9.10 Å². The Bertz CT molecular complexity index is 1200. The number of sulfonamides is 1. The van der Waals surface area contributed by atoms with Crippen molar-refractivity contribution in [1.29, 1.82) is 0 Å². The van der Waals surface area contributed by atoms with Gasteiger partial charge in [0.2, 0.25) is 21.7 Å². The minimum atomic E-state index is -3.36. The second-order valence-electron chi connectivity index (χ2n) is 7.17. The van der Waals surface area contributed by atoms with Gasteiger partial charge >= 0.3 is 0 Å². The molecule has 170 valence electrons. The van der Waals surface area contributed by atoms with Gasteiger partial charge in [-0.05, 0) is 43.3 Å². The second-order valence-corrected chi connectivity index (χ2v) is 9.59. The molecule has 3 aromatic rings. The van der Waals surface area contributed by atoms with E-state index in [4.69, 9.17) is 20.9 Å². The van der Waals surface area contributed by atoms with Crippen molar-refractivity contribution in [2.75, 3.05) is 24.7 Å². The number of carbonyl (C=O) groups is 1. The Balaban J connectivity index is 1.61. The third kappa shape index (κ3) is 5.57. The number of nitrogens with zero attached hydrogens (tertiary/aromatic N) is 4. The molecule has 0 N–H and O–H groups in total. The largest absolute Gasteiger partial charge is 0.481 e. The van der Waals surface area contributed by atoms with Gasteiger partial charge in [-0.2, -0.15) is 4.98 Å². The summed E-state index contributed by atoms with van der Waals surface area (Å²) >= 11 is 6.16. The van der Waals surface area contributed by atoms with Gasteiger partial charge in [-0.25, -0.2) is 8.42 Å². The molecule has 11 heteroatoms. The first-order chi connectivity index (χ1) is 15.1. The van der Waals surface area contributed by atoms with Crippen LogP contribution in [0.1, 0.15) is 12.8 Å². The number of benzene rings is 2. The van der Waals surface area contributed by atoms with Crippen molar-refractivity contribution in [3.63, 3.8) is 0 Å². The average Bonchev–Trinajstić information content (AvgIpc) is 3.21. The van der Waals surface area contributed by atoms with E-state index in [9.17, 15) is 13.2 Å². The molecule has 32 heavy (non-hydrogen) atoms. The van der Waals surface area contributed by atoms with Crippen molar-refractivity contribution in [3.05, 3.63) is 59.4 Å². The fourth-order valence-corrected chi connectivity index (χ4v) is 3.57. The number of anilines is 1. The predicted octanol–water partition coefficient (Wildman–Crippen LogP) is 3.21. The number of ether oxygens (including phenoxy) is 1. The number of hydrogen-bond donors (Lipinski definition) is 0. The van der Waals surface area contributed by atoms with Gasteiger partial charge in [-0.15, -0.1) is 0 Å². The Hall–Kier alpha value is -3.11. The summed E-state index contributed by atoms with van der Waals surface area (Å²) in [5.41, 5.74) is 1.13. The van der Waals surface area contributed by atoms with Crippen LogP contribution >= 0.6 is 11.6 Å². The summed E-state index contributed by atoms with van der Waals surface area (Å²) in [6.07, 6.45) is 0.332. The van der Waals surface area contributed by atoms with E-state index in [-0.39, 0.29) is 18.3 Å². The predicted molar refractivity (Wildman–Crippen MR) is 121 cm³/mol.